The average molecular weight is 374 g/mol. The van der Waals surface area contributed by atoms with Crippen LogP contribution in [0.5, 0.6) is 5.88 Å². The molecular formula is C19H23FN4OS. The summed E-state index contributed by atoms with van der Waals surface area (Å²) in [5, 5.41) is 15.2. The highest BCUT2D eigenvalue weighted by atomic mass is 32.1. The van der Waals surface area contributed by atoms with Gasteiger partial charge in [0.1, 0.15) is 5.82 Å². The first-order valence-corrected chi connectivity index (χ1v) is 9.96. The second-order valence-electron chi connectivity index (χ2n) is 7.03. The Hall–Kier alpha value is -1.99. The number of halogens is 1. The molecule has 138 valence electrons. The van der Waals surface area contributed by atoms with Gasteiger partial charge in [0, 0.05) is 18.5 Å². The lowest BCUT2D eigenvalue weighted by Gasteiger charge is -2.37. The van der Waals surface area contributed by atoms with Crippen LogP contribution in [0.4, 0.5) is 4.39 Å². The number of likely N-dealkylation sites (tertiary alicyclic amines) is 1. The molecule has 3 aromatic rings. The molecule has 5 nitrogen and oxygen atoms in total. The third-order valence-corrected chi connectivity index (χ3v) is 6.13. The van der Waals surface area contributed by atoms with Gasteiger partial charge in [0.25, 0.3) is 0 Å². The van der Waals surface area contributed by atoms with Crippen LogP contribution in [0, 0.1) is 11.7 Å². The Labute approximate surface area is 156 Å². The highest BCUT2D eigenvalue weighted by molar-refractivity contribution is 7.17. The van der Waals surface area contributed by atoms with Gasteiger partial charge in [-0.2, -0.15) is 4.52 Å². The van der Waals surface area contributed by atoms with E-state index < -0.39 is 0 Å². The Morgan fingerprint density at radius 3 is 2.88 bits per heavy atom. The molecule has 0 spiro atoms. The van der Waals surface area contributed by atoms with Crippen molar-refractivity contribution in [2.45, 2.75) is 39.2 Å². The van der Waals surface area contributed by atoms with Crippen LogP contribution in [0.15, 0.2) is 24.3 Å². The van der Waals surface area contributed by atoms with E-state index in [1.807, 2.05) is 19.1 Å². The summed E-state index contributed by atoms with van der Waals surface area (Å²) in [7, 11) is 0. The number of rotatable bonds is 4. The number of nitrogens with zero attached hydrogens (tertiary/aromatic N) is 4. The predicted octanol–water partition coefficient (Wildman–Crippen LogP) is 4.02. The van der Waals surface area contributed by atoms with Crippen molar-refractivity contribution in [3.8, 4) is 5.88 Å². The minimum atomic E-state index is -0.322. The minimum Gasteiger partial charge on any atom is -0.492 e. The molecule has 26 heavy (non-hydrogen) atoms. The molecule has 4 rings (SSSR count). The van der Waals surface area contributed by atoms with Gasteiger partial charge in [-0.25, -0.2) is 9.37 Å². The maximum atomic E-state index is 14.7. The summed E-state index contributed by atoms with van der Waals surface area (Å²) < 4.78 is 16.2. The van der Waals surface area contributed by atoms with Gasteiger partial charge >= 0.3 is 0 Å². The van der Waals surface area contributed by atoms with Crippen LogP contribution >= 0.6 is 11.3 Å². The van der Waals surface area contributed by atoms with E-state index in [0.29, 0.717) is 33.6 Å². The number of hydrogen-bond donors (Lipinski definition) is 1. The number of fused-ring (bicyclic) bond motifs is 1. The lowest BCUT2D eigenvalue weighted by molar-refractivity contribution is 0.147. The van der Waals surface area contributed by atoms with Crippen molar-refractivity contribution >= 4 is 16.3 Å². The van der Waals surface area contributed by atoms with E-state index in [1.54, 1.807) is 6.07 Å². The van der Waals surface area contributed by atoms with Crippen molar-refractivity contribution in [3.05, 3.63) is 46.3 Å². The molecule has 1 N–H and O–H groups in total. The third kappa shape index (κ3) is 2.99. The van der Waals surface area contributed by atoms with Crippen molar-refractivity contribution < 1.29 is 9.50 Å². The quantitative estimate of drug-likeness (QED) is 0.749. The van der Waals surface area contributed by atoms with Crippen molar-refractivity contribution in [1.82, 2.24) is 19.5 Å². The molecule has 0 unspecified atom stereocenters. The fourth-order valence-corrected chi connectivity index (χ4v) is 4.91. The van der Waals surface area contributed by atoms with E-state index in [0.717, 1.165) is 19.5 Å². The van der Waals surface area contributed by atoms with Gasteiger partial charge in [-0.15, -0.1) is 5.10 Å². The highest BCUT2D eigenvalue weighted by Gasteiger charge is 2.33. The van der Waals surface area contributed by atoms with Crippen molar-refractivity contribution in [2.75, 3.05) is 13.1 Å². The van der Waals surface area contributed by atoms with Crippen LogP contribution in [-0.4, -0.2) is 37.7 Å². The molecule has 0 amide bonds. The summed E-state index contributed by atoms with van der Waals surface area (Å²) in [5.41, 5.74) is 0.595. The Balaban J connectivity index is 1.84. The summed E-state index contributed by atoms with van der Waals surface area (Å²) in [6, 6.07) is 6.52. The van der Waals surface area contributed by atoms with Gasteiger partial charge in [0.15, 0.2) is 5.82 Å². The van der Waals surface area contributed by atoms with Crippen LogP contribution in [0.25, 0.3) is 4.96 Å². The van der Waals surface area contributed by atoms with Crippen LogP contribution in [0.2, 0.25) is 0 Å². The number of benzene rings is 1. The molecule has 1 aliphatic rings. The van der Waals surface area contributed by atoms with Crippen LogP contribution < -0.4 is 0 Å². The molecule has 1 fully saturated rings. The maximum Gasteiger partial charge on any atom is 0.230 e. The monoisotopic (exact) mass is 374 g/mol. The van der Waals surface area contributed by atoms with Gasteiger partial charge in [-0.1, -0.05) is 43.4 Å². The zero-order valence-electron chi connectivity index (χ0n) is 15.0. The second kappa shape index (κ2) is 6.96. The second-order valence-corrected chi connectivity index (χ2v) is 8.04. The molecule has 7 heteroatoms. The highest BCUT2D eigenvalue weighted by Crippen LogP contribution is 2.42. The SMILES string of the molecule is CCc1nc2sc([C@@H](c3ccccc3F)N3CCC[C@@H](C)C3)c(O)n2n1. The molecule has 0 bridgehead atoms. The van der Waals surface area contributed by atoms with E-state index in [9.17, 15) is 9.50 Å². The smallest absolute Gasteiger partial charge is 0.230 e. The molecule has 1 saturated heterocycles. The van der Waals surface area contributed by atoms with Crippen LogP contribution in [0.1, 0.15) is 49.0 Å². The van der Waals surface area contributed by atoms with E-state index in [1.165, 1.54) is 28.3 Å². The first kappa shape index (κ1) is 17.4. The lowest BCUT2D eigenvalue weighted by atomic mass is 9.95. The van der Waals surface area contributed by atoms with Gasteiger partial charge in [-0.05, 0) is 31.4 Å². The van der Waals surface area contributed by atoms with E-state index >= 15 is 0 Å². The summed E-state index contributed by atoms with van der Waals surface area (Å²) >= 11 is 1.40. The number of piperidine rings is 1. The van der Waals surface area contributed by atoms with E-state index in [-0.39, 0.29) is 17.7 Å². The summed E-state index contributed by atoms with van der Waals surface area (Å²) in [4.78, 5) is 8.11. The number of hydrogen-bond acceptors (Lipinski definition) is 5. The Kier molecular flexibility index (Phi) is 4.67. The number of aryl methyl sites for hydroxylation is 1. The Morgan fingerprint density at radius 2 is 2.19 bits per heavy atom. The minimum absolute atomic E-state index is 0.0729. The van der Waals surface area contributed by atoms with Gasteiger partial charge in [-0.3, -0.25) is 4.90 Å². The number of thiazole rings is 1. The molecule has 0 aliphatic carbocycles. The molecule has 3 heterocycles. The molecular weight excluding hydrogens is 351 g/mol. The summed E-state index contributed by atoms with van der Waals surface area (Å²) in [6.45, 7) is 5.97. The van der Waals surface area contributed by atoms with Crippen molar-refractivity contribution in [2.24, 2.45) is 5.92 Å². The average Bonchev–Trinajstić information content (AvgIpc) is 3.17. The Morgan fingerprint density at radius 1 is 1.38 bits per heavy atom. The van der Waals surface area contributed by atoms with E-state index in [4.69, 9.17) is 0 Å². The fourth-order valence-electron chi connectivity index (χ4n) is 3.78. The lowest BCUT2D eigenvalue weighted by Crippen LogP contribution is -2.38. The van der Waals surface area contributed by atoms with Crippen LogP contribution in [0.3, 0.4) is 0 Å². The first-order valence-electron chi connectivity index (χ1n) is 9.14. The molecule has 2 atom stereocenters. The standard InChI is InChI=1S/C19H23FN4OS/c1-3-15-21-19-24(22-15)18(25)17(26-19)16(13-8-4-5-9-14(13)20)23-10-6-7-12(2)11-23/h4-5,8-9,12,16,25H,3,6-7,10-11H2,1-2H3/t12-,16-/m1/s1. The normalized spacial score (nSPS) is 19.9. The fraction of sp³-hybridized carbons (Fsp3) is 0.474. The molecule has 2 aromatic heterocycles. The topological polar surface area (TPSA) is 53.7 Å². The van der Waals surface area contributed by atoms with Crippen LogP contribution in [-0.2, 0) is 6.42 Å². The summed E-state index contributed by atoms with van der Waals surface area (Å²) in [5.74, 6) is 1.08. The van der Waals surface area contributed by atoms with Crippen molar-refractivity contribution in [1.29, 1.82) is 0 Å². The Bertz CT molecular complexity index is 922. The molecule has 1 aromatic carbocycles. The van der Waals surface area contributed by atoms with Gasteiger partial charge < -0.3 is 5.11 Å². The molecule has 0 saturated carbocycles. The van der Waals surface area contributed by atoms with Crippen molar-refractivity contribution in [3.63, 3.8) is 0 Å². The third-order valence-electron chi connectivity index (χ3n) is 5.06. The summed E-state index contributed by atoms with van der Waals surface area (Å²) in [6.07, 6.45) is 2.97. The largest absolute Gasteiger partial charge is 0.492 e. The number of aromatic hydroxyl groups is 1. The zero-order valence-corrected chi connectivity index (χ0v) is 15.8. The number of aromatic nitrogens is 3. The predicted molar refractivity (Wildman–Crippen MR) is 100 cm³/mol. The molecule has 0 radical (unpaired) electrons. The van der Waals surface area contributed by atoms with Gasteiger partial charge in [0.05, 0.1) is 10.9 Å². The first-order chi connectivity index (χ1) is 12.6. The molecule has 1 aliphatic heterocycles. The zero-order chi connectivity index (χ0) is 18.3. The maximum absolute atomic E-state index is 14.7. The van der Waals surface area contributed by atoms with E-state index in [2.05, 4.69) is 21.9 Å². The van der Waals surface area contributed by atoms with Gasteiger partial charge in [0.2, 0.25) is 10.8 Å².